The molecule has 0 bridgehead atoms. The molecule has 0 aliphatic heterocycles. The molecule has 0 aliphatic carbocycles. The van der Waals surface area contributed by atoms with Crippen LogP contribution in [0.4, 0.5) is 11.8 Å². The SMILES string of the molecule is CNc1nc(C)cc(NCc2cccnc2Oc2c(C)cccc2C)n1. The van der Waals surface area contributed by atoms with E-state index in [1.165, 1.54) is 0 Å². The van der Waals surface area contributed by atoms with Crippen molar-refractivity contribution in [2.45, 2.75) is 27.3 Å². The molecule has 2 heterocycles. The lowest BCUT2D eigenvalue weighted by Gasteiger charge is -2.14. The van der Waals surface area contributed by atoms with Crippen LogP contribution in [0.1, 0.15) is 22.4 Å². The number of hydrogen-bond donors (Lipinski definition) is 2. The standard InChI is InChI=1S/C20H23N5O/c1-13-7-5-8-14(2)18(13)26-19-16(9-6-10-22-19)12-23-17-11-15(3)24-20(21-4)25-17/h5-11H,12H2,1-4H3,(H2,21,23,24,25). The third kappa shape index (κ3) is 4.08. The average Bonchev–Trinajstić information content (AvgIpc) is 2.63. The molecule has 0 aliphatic rings. The van der Waals surface area contributed by atoms with Gasteiger partial charge in [-0.3, -0.25) is 0 Å². The van der Waals surface area contributed by atoms with Gasteiger partial charge in [-0.05, 0) is 38.0 Å². The third-order valence-electron chi connectivity index (χ3n) is 4.00. The predicted octanol–water partition coefficient (Wildman–Crippen LogP) is 4.24. The minimum absolute atomic E-state index is 0.549. The molecular weight excluding hydrogens is 326 g/mol. The fourth-order valence-corrected chi connectivity index (χ4v) is 2.66. The smallest absolute Gasteiger partial charge is 0.224 e. The van der Waals surface area contributed by atoms with E-state index >= 15 is 0 Å². The molecule has 134 valence electrons. The maximum atomic E-state index is 6.13. The highest BCUT2D eigenvalue weighted by Gasteiger charge is 2.10. The van der Waals surface area contributed by atoms with Gasteiger partial charge in [-0.2, -0.15) is 4.98 Å². The second-order valence-corrected chi connectivity index (χ2v) is 6.11. The molecule has 3 aromatic rings. The van der Waals surface area contributed by atoms with E-state index in [4.69, 9.17) is 4.74 Å². The van der Waals surface area contributed by atoms with E-state index in [9.17, 15) is 0 Å². The highest BCUT2D eigenvalue weighted by molar-refractivity contribution is 5.45. The second kappa shape index (κ2) is 7.82. The summed E-state index contributed by atoms with van der Waals surface area (Å²) in [6.07, 6.45) is 1.74. The Morgan fingerprint density at radius 2 is 1.77 bits per heavy atom. The van der Waals surface area contributed by atoms with Crippen LogP contribution < -0.4 is 15.4 Å². The molecular formula is C20H23N5O. The van der Waals surface area contributed by atoms with Crippen LogP contribution in [0.2, 0.25) is 0 Å². The van der Waals surface area contributed by atoms with E-state index in [-0.39, 0.29) is 0 Å². The molecule has 0 fully saturated rings. The largest absolute Gasteiger partial charge is 0.438 e. The number of anilines is 2. The van der Waals surface area contributed by atoms with E-state index < -0.39 is 0 Å². The summed E-state index contributed by atoms with van der Waals surface area (Å²) >= 11 is 0. The highest BCUT2D eigenvalue weighted by atomic mass is 16.5. The van der Waals surface area contributed by atoms with E-state index in [2.05, 4.69) is 25.6 Å². The van der Waals surface area contributed by atoms with Crippen LogP contribution in [0.5, 0.6) is 11.6 Å². The first-order chi connectivity index (χ1) is 12.6. The second-order valence-electron chi connectivity index (χ2n) is 6.11. The van der Waals surface area contributed by atoms with Crippen molar-refractivity contribution in [1.82, 2.24) is 15.0 Å². The number of benzene rings is 1. The number of nitrogens with one attached hydrogen (secondary N) is 2. The molecule has 6 heteroatoms. The van der Waals surface area contributed by atoms with Gasteiger partial charge >= 0.3 is 0 Å². The van der Waals surface area contributed by atoms with Crippen molar-refractivity contribution < 1.29 is 4.74 Å². The van der Waals surface area contributed by atoms with Crippen molar-refractivity contribution in [3.05, 3.63) is 65.0 Å². The highest BCUT2D eigenvalue weighted by Crippen LogP contribution is 2.29. The lowest BCUT2D eigenvalue weighted by Crippen LogP contribution is -2.07. The number of nitrogens with zero attached hydrogens (tertiary/aromatic N) is 3. The molecule has 3 rings (SSSR count). The molecule has 2 N–H and O–H groups in total. The van der Waals surface area contributed by atoms with Gasteiger partial charge in [0.05, 0.1) is 0 Å². The molecule has 26 heavy (non-hydrogen) atoms. The van der Waals surface area contributed by atoms with E-state index in [0.717, 1.165) is 34.0 Å². The zero-order valence-corrected chi connectivity index (χ0v) is 15.5. The fraction of sp³-hybridized carbons (Fsp3) is 0.250. The van der Waals surface area contributed by atoms with Crippen LogP contribution in [0.25, 0.3) is 0 Å². The average molecular weight is 349 g/mol. The third-order valence-corrected chi connectivity index (χ3v) is 4.00. The molecule has 2 aromatic heterocycles. The normalized spacial score (nSPS) is 10.5. The Labute approximate surface area is 153 Å². The monoisotopic (exact) mass is 349 g/mol. The molecule has 1 aromatic carbocycles. The summed E-state index contributed by atoms with van der Waals surface area (Å²) < 4.78 is 6.13. The number of rotatable bonds is 6. The first-order valence-corrected chi connectivity index (χ1v) is 8.52. The van der Waals surface area contributed by atoms with Gasteiger partial charge in [-0.25, -0.2) is 9.97 Å². The van der Waals surface area contributed by atoms with E-state index in [1.54, 1.807) is 13.2 Å². The molecule has 0 unspecified atom stereocenters. The Morgan fingerprint density at radius 3 is 2.50 bits per heavy atom. The molecule has 0 saturated carbocycles. The lowest BCUT2D eigenvalue weighted by molar-refractivity contribution is 0.450. The van der Waals surface area contributed by atoms with Crippen LogP contribution >= 0.6 is 0 Å². The molecule has 0 atom stereocenters. The van der Waals surface area contributed by atoms with Gasteiger partial charge in [-0.15, -0.1) is 0 Å². The van der Waals surface area contributed by atoms with Gasteiger partial charge in [0.1, 0.15) is 11.6 Å². The van der Waals surface area contributed by atoms with Gasteiger partial charge in [0.25, 0.3) is 0 Å². The Bertz CT molecular complexity index is 890. The Kier molecular flexibility index (Phi) is 5.31. The summed E-state index contributed by atoms with van der Waals surface area (Å²) in [6.45, 7) is 6.55. The zero-order chi connectivity index (χ0) is 18.5. The van der Waals surface area contributed by atoms with Crippen LogP contribution in [-0.4, -0.2) is 22.0 Å². The molecule has 6 nitrogen and oxygen atoms in total. The maximum Gasteiger partial charge on any atom is 0.224 e. The first-order valence-electron chi connectivity index (χ1n) is 8.52. The van der Waals surface area contributed by atoms with Gasteiger partial charge in [0, 0.05) is 37.1 Å². The van der Waals surface area contributed by atoms with Crippen LogP contribution in [0.3, 0.4) is 0 Å². The number of hydrogen-bond acceptors (Lipinski definition) is 6. The molecule has 0 radical (unpaired) electrons. The maximum absolute atomic E-state index is 6.13. The number of aromatic nitrogens is 3. The van der Waals surface area contributed by atoms with Crippen molar-refractivity contribution >= 4 is 11.8 Å². The van der Waals surface area contributed by atoms with Gasteiger partial charge < -0.3 is 15.4 Å². The predicted molar refractivity (Wildman–Crippen MR) is 104 cm³/mol. The Morgan fingerprint density at radius 1 is 1.00 bits per heavy atom. The topological polar surface area (TPSA) is 72.0 Å². The minimum atomic E-state index is 0.549. The Balaban J connectivity index is 1.81. The first kappa shape index (κ1) is 17.7. The quantitative estimate of drug-likeness (QED) is 0.693. The summed E-state index contributed by atoms with van der Waals surface area (Å²) in [5, 5.41) is 6.28. The van der Waals surface area contributed by atoms with Crippen molar-refractivity contribution in [1.29, 1.82) is 0 Å². The summed E-state index contributed by atoms with van der Waals surface area (Å²) in [4.78, 5) is 13.1. The van der Waals surface area contributed by atoms with Crippen molar-refractivity contribution in [2.24, 2.45) is 0 Å². The number of aryl methyl sites for hydroxylation is 3. The van der Waals surface area contributed by atoms with E-state index in [1.807, 2.05) is 57.2 Å². The van der Waals surface area contributed by atoms with E-state index in [0.29, 0.717) is 18.4 Å². The van der Waals surface area contributed by atoms with Crippen molar-refractivity contribution in [3.8, 4) is 11.6 Å². The number of para-hydroxylation sites is 1. The summed E-state index contributed by atoms with van der Waals surface area (Å²) in [5.41, 5.74) is 4.02. The minimum Gasteiger partial charge on any atom is -0.438 e. The van der Waals surface area contributed by atoms with Crippen LogP contribution in [0, 0.1) is 20.8 Å². The molecule has 0 spiro atoms. The summed E-state index contributed by atoms with van der Waals surface area (Å²) in [5.74, 6) is 2.79. The molecule has 0 amide bonds. The van der Waals surface area contributed by atoms with Gasteiger partial charge in [-0.1, -0.05) is 24.3 Å². The van der Waals surface area contributed by atoms with Crippen LogP contribution in [-0.2, 0) is 6.54 Å². The number of ether oxygens (including phenoxy) is 1. The fourth-order valence-electron chi connectivity index (χ4n) is 2.66. The van der Waals surface area contributed by atoms with Gasteiger partial charge in [0.15, 0.2) is 0 Å². The van der Waals surface area contributed by atoms with Crippen molar-refractivity contribution in [3.63, 3.8) is 0 Å². The van der Waals surface area contributed by atoms with Crippen LogP contribution in [0.15, 0.2) is 42.6 Å². The lowest BCUT2D eigenvalue weighted by atomic mass is 10.1. The Hall–Kier alpha value is -3.15. The molecule has 0 saturated heterocycles. The van der Waals surface area contributed by atoms with Gasteiger partial charge in [0.2, 0.25) is 11.8 Å². The number of pyridine rings is 1. The zero-order valence-electron chi connectivity index (χ0n) is 15.5. The van der Waals surface area contributed by atoms with Crippen molar-refractivity contribution in [2.75, 3.05) is 17.7 Å². The summed E-state index contributed by atoms with van der Waals surface area (Å²) in [7, 11) is 1.80. The summed E-state index contributed by atoms with van der Waals surface area (Å²) in [6, 6.07) is 11.9.